The van der Waals surface area contributed by atoms with Gasteiger partial charge in [-0.05, 0) is 73.4 Å². The SMILES string of the molecule is O=C(c1ccc(O[C@H]2CCNC2)c(C2CCCCC2)c1)N1CCC(Oc2cc(F)cc(N3C[C@H]4CNC[C@H]4C3)c2)CC1. The number of ether oxygens (including phenoxy) is 2. The summed E-state index contributed by atoms with van der Waals surface area (Å²) in [6, 6.07) is 11.2. The second-order valence-electron chi connectivity index (χ2n) is 13.2. The minimum Gasteiger partial charge on any atom is -0.490 e. The molecule has 0 bridgehead atoms. The van der Waals surface area contributed by atoms with Crippen LogP contribution in [0.2, 0.25) is 0 Å². The summed E-state index contributed by atoms with van der Waals surface area (Å²) in [6.45, 7) is 7.19. The largest absolute Gasteiger partial charge is 0.490 e. The van der Waals surface area contributed by atoms with Gasteiger partial charge in [0.15, 0.2) is 0 Å². The third-order valence-electron chi connectivity index (χ3n) is 10.3. The molecule has 2 N–H and O–H groups in total. The van der Waals surface area contributed by atoms with Gasteiger partial charge in [0.25, 0.3) is 5.91 Å². The molecule has 0 radical (unpaired) electrons. The number of hydrogen-bond donors (Lipinski definition) is 2. The third-order valence-corrected chi connectivity index (χ3v) is 10.3. The molecule has 7 rings (SSSR count). The van der Waals surface area contributed by atoms with E-state index in [1.165, 1.54) is 30.9 Å². The van der Waals surface area contributed by atoms with E-state index in [0.29, 0.717) is 36.6 Å². The first kappa shape index (κ1) is 28.0. The van der Waals surface area contributed by atoms with E-state index in [9.17, 15) is 9.18 Å². The van der Waals surface area contributed by atoms with Crippen molar-refractivity contribution in [1.82, 2.24) is 15.5 Å². The Hall–Kier alpha value is -2.84. The molecular formula is C34H45FN4O3. The van der Waals surface area contributed by atoms with Crippen LogP contribution >= 0.6 is 0 Å². The number of halogens is 1. The number of nitrogens with zero attached hydrogens (tertiary/aromatic N) is 2. The van der Waals surface area contributed by atoms with Crippen LogP contribution in [0.1, 0.15) is 73.2 Å². The number of carbonyl (C=O) groups is 1. The number of nitrogens with one attached hydrogen (secondary N) is 2. The molecule has 5 aliphatic rings. The van der Waals surface area contributed by atoms with Crippen molar-refractivity contribution < 1.29 is 18.7 Å². The molecule has 3 atom stereocenters. The molecule has 0 aromatic heterocycles. The van der Waals surface area contributed by atoms with Crippen LogP contribution in [0, 0.1) is 17.7 Å². The zero-order valence-corrected chi connectivity index (χ0v) is 24.7. The molecule has 4 saturated heterocycles. The Morgan fingerprint density at radius 3 is 2.33 bits per heavy atom. The molecule has 8 heteroatoms. The van der Waals surface area contributed by atoms with Crippen LogP contribution in [0.15, 0.2) is 36.4 Å². The summed E-state index contributed by atoms with van der Waals surface area (Å²) in [5, 5.41) is 6.86. The monoisotopic (exact) mass is 576 g/mol. The summed E-state index contributed by atoms with van der Waals surface area (Å²) in [7, 11) is 0. The summed E-state index contributed by atoms with van der Waals surface area (Å²) in [5.41, 5.74) is 2.88. The van der Waals surface area contributed by atoms with Gasteiger partial charge in [-0.2, -0.15) is 0 Å². The molecule has 4 heterocycles. The first-order valence-electron chi connectivity index (χ1n) is 16.3. The molecule has 2 aromatic carbocycles. The Morgan fingerprint density at radius 1 is 0.810 bits per heavy atom. The van der Waals surface area contributed by atoms with Gasteiger partial charge in [-0.1, -0.05) is 19.3 Å². The van der Waals surface area contributed by atoms with E-state index in [2.05, 4.69) is 21.6 Å². The van der Waals surface area contributed by atoms with E-state index in [0.717, 1.165) is 88.4 Å². The number of anilines is 1. The third kappa shape index (κ3) is 6.11. The van der Waals surface area contributed by atoms with Crippen LogP contribution in [-0.4, -0.2) is 75.4 Å². The van der Waals surface area contributed by atoms with Crippen LogP contribution in [0.4, 0.5) is 10.1 Å². The zero-order chi connectivity index (χ0) is 28.5. The van der Waals surface area contributed by atoms with Gasteiger partial charge in [-0.3, -0.25) is 4.79 Å². The predicted octanol–water partition coefficient (Wildman–Crippen LogP) is 4.95. The van der Waals surface area contributed by atoms with E-state index in [1.807, 2.05) is 23.1 Å². The predicted molar refractivity (Wildman–Crippen MR) is 162 cm³/mol. The Bertz CT molecular complexity index is 1240. The normalized spacial score (nSPS) is 26.9. The first-order chi connectivity index (χ1) is 20.6. The number of benzene rings is 2. The standard InChI is InChI=1S/C34H45FN4O3/c35-27-15-28(39-21-25-18-37-19-26(25)22-39)17-31(16-27)41-29-9-12-38(13-10-29)34(40)24-6-7-33(42-30-8-11-36-20-30)32(14-24)23-4-2-1-3-5-23/h6-7,14-17,23,25-26,29-30,36-37H,1-5,8-13,18-22H2/t25-,26+,30-/m0/s1. The summed E-state index contributed by atoms with van der Waals surface area (Å²) in [6.07, 6.45) is 8.78. The van der Waals surface area contributed by atoms with Crippen LogP contribution in [0.5, 0.6) is 11.5 Å². The summed E-state index contributed by atoms with van der Waals surface area (Å²) < 4.78 is 27.4. The number of amides is 1. The number of hydrogen-bond acceptors (Lipinski definition) is 6. The highest BCUT2D eigenvalue weighted by Gasteiger charge is 2.36. The minimum atomic E-state index is -0.254. The van der Waals surface area contributed by atoms with Crippen molar-refractivity contribution in [1.29, 1.82) is 0 Å². The molecule has 1 saturated carbocycles. The molecular weight excluding hydrogens is 531 g/mol. The van der Waals surface area contributed by atoms with Crippen molar-refractivity contribution in [3.8, 4) is 11.5 Å². The van der Waals surface area contributed by atoms with Crippen LogP contribution in [0.3, 0.4) is 0 Å². The summed E-state index contributed by atoms with van der Waals surface area (Å²) in [4.78, 5) is 17.9. The quantitative estimate of drug-likeness (QED) is 0.486. The molecule has 4 aliphatic heterocycles. The zero-order valence-electron chi connectivity index (χ0n) is 24.7. The van der Waals surface area contributed by atoms with E-state index in [1.54, 1.807) is 6.07 Å². The van der Waals surface area contributed by atoms with Crippen molar-refractivity contribution in [2.75, 3.05) is 57.3 Å². The molecule has 1 amide bonds. The molecule has 226 valence electrons. The molecule has 42 heavy (non-hydrogen) atoms. The number of carbonyl (C=O) groups excluding carboxylic acids is 1. The maximum absolute atomic E-state index is 14.6. The van der Waals surface area contributed by atoms with Gasteiger partial charge in [0, 0.05) is 82.0 Å². The van der Waals surface area contributed by atoms with Gasteiger partial charge in [0.2, 0.25) is 0 Å². The number of piperidine rings is 1. The lowest BCUT2D eigenvalue weighted by Gasteiger charge is -2.33. The molecule has 0 spiro atoms. The lowest BCUT2D eigenvalue weighted by Crippen LogP contribution is -2.41. The summed E-state index contributed by atoms with van der Waals surface area (Å²) in [5.74, 6) is 3.14. The molecule has 2 aromatic rings. The van der Waals surface area contributed by atoms with Crippen LogP contribution in [-0.2, 0) is 0 Å². The van der Waals surface area contributed by atoms with Crippen LogP contribution < -0.4 is 25.0 Å². The van der Waals surface area contributed by atoms with E-state index in [4.69, 9.17) is 9.47 Å². The minimum absolute atomic E-state index is 0.0283. The summed E-state index contributed by atoms with van der Waals surface area (Å²) >= 11 is 0. The highest BCUT2D eigenvalue weighted by molar-refractivity contribution is 5.94. The average Bonchev–Trinajstić information content (AvgIpc) is 3.77. The van der Waals surface area contributed by atoms with Crippen molar-refractivity contribution in [3.63, 3.8) is 0 Å². The van der Waals surface area contributed by atoms with Gasteiger partial charge in [0.1, 0.15) is 29.5 Å². The van der Waals surface area contributed by atoms with Gasteiger partial charge >= 0.3 is 0 Å². The molecule has 0 unspecified atom stereocenters. The van der Waals surface area contributed by atoms with Crippen molar-refractivity contribution >= 4 is 11.6 Å². The van der Waals surface area contributed by atoms with Crippen LogP contribution in [0.25, 0.3) is 0 Å². The van der Waals surface area contributed by atoms with E-state index in [-0.39, 0.29) is 23.9 Å². The van der Waals surface area contributed by atoms with Crippen molar-refractivity contribution in [3.05, 3.63) is 53.3 Å². The maximum Gasteiger partial charge on any atom is 0.253 e. The Labute approximate surface area is 249 Å². The Morgan fingerprint density at radius 2 is 1.60 bits per heavy atom. The fourth-order valence-electron chi connectivity index (χ4n) is 7.85. The fourth-order valence-corrected chi connectivity index (χ4v) is 7.85. The Balaban J connectivity index is 0.984. The number of fused-ring (bicyclic) bond motifs is 1. The van der Waals surface area contributed by atoms with Crippen molar-refractivity contribution in [2.45, 2.75) is 69.5 Å². The molecule has 1 aliphatic carbocycles. The maximum atomic E-state index is 14.6. The fraction of sp³-hybridized carbons (Fsp3) is 0.618. The second-order valence-corrected chi connectivity index (χ2v) is 13.2. The topological polar surface area (TPSA) is 66.1 Å². The Kier molecular flexibility index (Phi) is 8.26. The smallest absolute Gasteiger partial charge is 0.253 e. The lowest BCUT2D eigenvalue weighted by atomic mass is 9.83. The van der Waals surface area contributed by atoms with Gasteiger partial charge < -0.3 is 29.9 Å². The van der Waals surface area contributed by atoms with Gasteiger partial charge in [-0.25, -0.2) is 4.39 Å². The lowest BCUT2D eigenvalue weighted by molar-refractivity contribution is 0.0595. The second kappa shape index (κ2) is 12.4. The molecule has 7 nitrogen and oxygen atoms in total. The van der Waals surface area contributed by atoms with Crippen molar-refractivity contribution in [2.24, 2.45) is 11.8 Å². The average molecular weight is 577 g/mol. The highest BCUT2D eigenvalue weighted by atomic mass is 19.1. The first-order valence-corrected chi connectivity index (χ1v) is 16.3. The van der Waals surface area contributed by atoms with Gasteiger partial charge in [-0.15, -0.1) is 0 Å². The van der Waals surface area contributed by atoms with Gasteiger partial charge in [0.05, 0.1) is 0 Å². The van der Waals surface area contributed by atoms with E-state index >= 15 is 0 Å². The highest BCUT2D eigenvalue weighted by Crippen LogP contribution is 2.39. The number of rotatable bonds is 7. The molecule has 5 fully saturated rings. The number of likely N-dealkylation sites (tertiary alicyclic amines) is 1. The van der Waals surface area contributed by atoms with E-state index < -0.39 is 0 Å².